The number of hydrogen-bond donors (Lipinski definition) is 0. The van der Waals surface area contributed by atoms with Crippen molar-refractivity contribution in [3.05, 3.63) is 12.2 Å². The Balaban J connectivity index is 1.67. The van der Waals surface area contributed by atoms with Crippen molar-refractivity contribution in [1.29, 1.82) is 0 Å². The molecule has 22 heavy (non-hydrogen) atoms. The third-order valence-electron chi connectivity index (χ3n) is 7.17. The zero-order chi connectivity index (χ0) is 15.6. The number of rotatable bonds is 0. The first kappa shape index (κ1) is 15.2. The normalized spacial score (nSPS) is 53.3. The maximum atomic E-state index is 6.69. The molecule has 4 rings (SSSR count). The molecule has 0 N–H and O–H groups in total. The lowest BCUT2D eigenvalue weighted by molar-refractivity contribution is -0.168. The average Bonchev–Trinajstić information content (AvgIpc) is 2.88. The zero-order valence-electron chi connectivity index (χ0n) is 14.7. The Morgan fingerprint density at radius 2 is 1.95 bits per heavy atom. The molecule has 2 saturated carbocycles. The molecule has 3 aliphatic carbocycles. The standard InChI is InChI=1S/C20H32O2/c1-14-8-9-16-15(14)12-17-19(4,13-18(16,2)3)22-20(21-17)10-6-5-7-11-20/h6,10,14-17H,5,7-9,11-13H2,1-4H3/t14-,15?,16-,17+,19-,20+/m1/s1. The van der Waals surface area contributed by atoms with Crippen LogP contribution in [0.1, 0.15) is 72.6 Å². The minimum absolute atomic E-state index is 0.116. The Hall–Kier alpha value is -0.340. The molecular weight excluding hydrogens is 272 g/mol. The Labute approximate surface area is 135 Å². The molecule has 6 atom stereocenters. The van der Waals surface area contributed by atoms with Gasteiger partial charge in [-0.05, 0) is 68.3 Å². The van der Waals surface area contributed by atoms with E-state index in [0.29, 0.717) is 5.41 Å². The first-order valence-electron chi connectivity index (χ1n) is 9.39. The summed E-state index contributed by atoms with van der Waals surface area (Å²) in [7, 11) is 0. The molecule has 4 aliphatic rings. The van der Waals surface area contributed by atoms with Gasteiger partial charge < -0.3 is 9.47 Å². The van der Waals surface area contributed by atoms with Gasteiger partial charge in [0.25, 0.3) is 0 Å². The summed E-state index contributed by atoms with van der Waals surface area (Å²) in [6.45, 7) is 9.72. The summed E-state index contributed by atoms with van der Waals surface area (Å²) >= 11 is 0. The van der Waals surface area contributed by atoms with Gasteiger partial charge in [-0.2, -0.15) is 0 Å². The molecule has 1 aliphatic heterocycles. The number of allylic oxidation sites excluding steroid dienone is 1. The molecule has 1 saturated heterocycles. The molecule has 124 valence electrons. The molecule has 0 bridgehead atoms. The maximum Gasteiger partial charge on any atom is 0.189 e. The molecule has 0 aromatic carbocycles. The molecule has 1 unspecified atom stereocenters. The van der Waals surface area contributed by atoms with Crippen molar-refractivity contribution >= 4 is 0 Å². The van der Waals surface area contributed by atoms with Crippen molar-refractivity contribution in [2.45, 2.75) is 90.1 Å². The van der Waals surface area contributed by atoms with Crippen LogP contribution in [0.25, 0.3) is 0 Å². The third kappa shape index (κ3) is 2.21. The second-order valence-corrected chi connectivity index (χ2v) is 9.35. The van der Waals surface area contributed by atoms with E-state index in [4.69, 9.17) is 9.47 Å². The van der Waals surface area contributed by atoms with E-state index in [2.05, 4.69) is 39.8 Å². The van der Waals surface area contributed by atoms with Crippen LogP contribution in [0.2, 0.25) is 0 Å². The summed E-state index contributed by atoms with van der Waals surface area (Å²) in [5, 5.41) is 0. The van der Waals surface area contributed by atoms with Gasteiger partial charge in [-0.15, -0.1) is 0 Å². The van der Waals surface area contributed by atoms with Gasteiger partial charge >= 0.3 is 0 Å². The molecular formula is C20H32O2. The van der Waals surface area contributed by atoms with Crippen molar-refractivity contribution in [2.24, 2.45) is 23.2 Å². The van der Waals surface area contributed by atoms with E-state index in [0.717, 1.165) is 30.6 Å². The molecule has 3 fully saturated rings. The van der Waals surface area contributed by atoms with Gasteiger partial charge in [0.1, 0.15) is 0 Å². The van der Waals surface area contributed by atoms with Crippen LogP contribution < -0.4 is 0 Å². The van der Waals surface area contributed by atoms with Crippen LogP contribution in [-0.4, -0.2) is 17.5 Å². The van der Waals surface area contributed by atoms with Crippen LogP contribution in [0.15, 0.2) is 12.2 Å². The fraction of sp³-hybridized carbons (Fsp3) is 0.900. The Morgan fingerprint density at radius 1 is 1.14 bits per heavy atom. The van der Waals surface area contributed by atoms with E-state index >= 15 is 0 Å². The zero-order valence-corrected chi connectivity index (χ0v) is 14.7. The summed E-state index contributed by atoms with van der Waals surface area (Å²) in [6.07, 6.45) is 13.2. The lowest BCUT2D eigenvalue weighted by Gasteiger charge is -2.39. The second kappa shape index (κ2) is 4.83. The van der Waals surface area contributed by atoms with E-state index in [9.17, 15) is 0 Å². The SMILES string of the molecule is C[C@@H]1CC[C@@H]2C1C[C@@H]1O[C@@]3(C=CCCC3)O[C@]1(C)CC2(C)C. The van der Waals surface area contributed by atoms with Crippen LogP contribution in [0, 0.1) is 23.2 Å². The highest BCUT2D eigenvalue weighted by atomic mass is 16.8. The molecule has 0 aromatic heterocycles. The predicted octanol–water partition coefficient (Wildman–Crippen LogP) is 5.08. The highest BCUT2D eigenvalue weighted by molar-refractivity contribution is 5.11. The van der Waals surface area contributed by atoms with E-state index in [1.807, 2.05) is 0 Å². The molecule has 2 nitrogen and oxygen atoms in total. The smallest absolute Gasteiger partial charge is 0.189 e. The van der Waals surface area contributed by atoms with Gasteiger partial charge in [0.05, 0.1) is 11.7 Å². The Bertz CT molecular complexity index is 482. The topological polar surface area (TPSA) is 18.5 Å². The van der Waals surface area contributed by atoms with Gasteiger partial charge in [-0.25, -0.2) is 0 Å². The van der Waals surface area contributed by atoms with Gasteiger partial charge in [0.15, 0.2) is 5.79 Å². The van der Waals surface area contributed by atoms with Crippen LogP contribution >= 0.6 is 0 Å². The summed E-state index contributed by atoms with van der Waals surface area (Å²) in [4.78, 5) is 0. The van der Waals surface area contributed by atoms with Crippen LogP contribution in [-0.2, 0) is 9.47 Å². The molecule has 0 aromatic rings. The Morgan fingerprint density at radius 3 is 2.68 bits per heavy atom. The Kier molecular flexibility index (Phi) is 3.34. The fourth-order valence-corrected chi connectivity index (χ4v) is 6.21. The molecule has 0 amide bonds. The van der Waals surface area contributed by atoms with Crippen molar-refractivity contribution in [1.82, 2.24) is 0 Å². The third-order valence-corrected chi connectivity index (χ3v) is 7.17. The van der Waals surface area contributed by atoms with E-state index in [-0.39, 0.29) is 11.7 Å². The summed E-state index contributed by atoms with van der Waals surface area (Å²) in [6, 6.07) is 0. The van der Waals surface area contributed by atoms with Crippen LogP contribution in [0.3, 0.4) is 0 Å². The van der Waals surface area contributed by atoms with Crippen LogP contribution in [0.5, 0.6) is 0 Å². The lowest BCUT2D eigenvalue weighted by Crippen LogP contribution is -2.41. The lowest BCUT2D eigenvalue weighted by atomic mass is 9.69. The quantitative estimate of drug-likeness (QED) is 0.581. The summed E-state index contributed by atoms with van der Waals surface area (Å²) in [5.41, 5.74) is 0.238. The minimum atomic E-state index is -0.414. The monoisotopic (exact) mass is 304 g/mol. The van der Waals surface area contributed by atoms with Crippen molar-refractivity contribution in [3.8, 4) is 0 Å². The number of ether oxygens (including phenoxy) is 2. The highest BCUT2D eigenvalue weighted by Crippen LogP contribution is 2.59. The molecule has 1 spiro atoms. The molecule has 1 heterocycles. The average molecular weight is 304 g/mol. The largest absolute Gasteiger partial charge is 0.340 e. The van der Waals surface area contributed by atoms with Crippen molar-refractivity contribution < 1.29 is 9.47 Å². The summed E-state index contributed by atoms with van der Waals surface area (Å²) < 4.78 is 13.3. The van der Waals surface area contributed by atoms with E-state index < -0.39 is 5.79 Å². The second-order valence-electron chi connectivity index (χ2n) is 9.35. The molecule has 2 heteroatoms. The predicted molar refractivity (Wildman–Crippen MR) is 88.5 cm³/mol. The van der Waals surface area contributed by atoms with Crippen LogP contribution in [0.4, 0.5) is 0 Å². The van der Waals surface area contributed by atoms with Gasteiger partial charge in [0, 0.05) is 6.42 Å². The van der Waals surface area contributed by atoms with Gasteiger partial charge in [0.2, 0.25) is 0 Å². The first-order chi connectivity index (χ1) is 10.3. The first-order valence-corrected chi connectivity index (χ1v) is 9.39. The van der Waals surface area contributed by atoms with E-state index in [1.54, 1.807) is 0 Å². The minimum Gasteiger partial charge on any atom is -0.340 e. The highest BCUT2D eigenvalue weighted by Gasteiger charge is 2.60. The maximum absolute atomic E-state index is 6.69. The number of fused-ring (bicyclic) bond motifs is 2. The van der Waals surface area contributed by atoms with Crippen molar-refractivity contribution in [3.63, 3.8) is 0 Å². The number of hydrogen-bond acceptors (Lipinski definition) is 2. The molecule has 0 radical (unpaired) electrons. The van der Waals surface area contributed by atoms with Gasteiger partial charge in [-0.3, -0.25) is 0 Å². The summed E-state index contributed by atoms with van der Waals surface area (Å²) in [5.74, 6) is 2.08. The van der Waals surface area contributed by atoms with Crippen molar-refractivity contribution in [2.75, 3.05) is 0 Å². The fourth-order valence-electron chi connectivity index (χ4n) is 6.21. The van der Waals surface area contributed by atoms with E-state index in [1.165, 1.54) is 32.1 Å². The van der Waals surface area contributed by atoms with Gasteiger partial charge in [-0.1, -0.05) is 33.3 Å².